The SMILES string of the molecule is O=C(OCc1ccccc1)c1ccc(Br)cn1. The number of carbonyl (C=O) groups excluding carboxylic acids is 1. The Morgan fingerprint density at radius 1 is 1.18 bits per heavy atom. The van der Waals surface area contributed by atoms with E-state index in [1.54, 1.807) is 18.3 Å². The third kappa shape index (κ3) is 3.39. The fourth-order valence-electron chi connectivity index (χ4n) is 1.29. The van der Waals surface area contributed by atoms with Crippen LogP contribution in [0.15, 0.2) is 53.1 Å². The minimum atomic E-state index is -0.415. The van der Waals surface area contributed by atoms with Gasteiger partial charge in [0, 0.05) is 10.7 Å². The number of pyridine rings is 1. The first-order valence-corrected chi connectivity index (χ1v) is 5.87. The van der Waals surface area contributed by atoms with Gasteiger partial charge in [-0.15, -0.1) is 0 Å². The van der Waals surface area contributed by atoms with E-state index in [0.717, 1.165) is 10.0 Å². The molecule has 0 spiro atoms. The number of aromatic nitrogens is 1. The number of esters is 1. The van der Waals surface area contributed by atoms with E-state index in [9.17, 15) is 4.79 Å². The highest BCUT2D eigenvalue weighted by atomic mass is 79.9. The van der Waals surface area contributed by atoms with Gasteiger partial charge in [0.15, 0.2) is 0 Å². The molecule has 1 aromatic carbocycles. The Bertz CT molecular complexity index is 497. The zero-order valence-corrected chi connectivity index (χ0v) is 10.6. The molecule has 0 saturated carbocycles. The summed E-state index contributed by atoms with van der Waals surface area (Å²) in [5.74, 6) is -0.415. The maximum Gasteiger partial charge on any atom is 0.357 e. The number of halogens is 1. The van der Waals surface area contributed by atoms with Crippen LogP contribution < -0.4 is 0 Å². The van der Waals surface area contributed by atoms with E-state index < -0.39 is 5.97 Å². The molecule has 3 nitrogen and oxygen atoms in total. The van der Waals surface area contributed by atoms with Crippen LogP contribution in [0, 0.1) is 0 Å². The van der Waals surface area contributed by atoms with E-state index in [-0.39, 0.29) is 6.61 Å². The molecular formula is C13H10BrNO2. The van der Waals surface area contributed by atoms with Gasteiger partial charge in [-0.25, -0.2) is 9.78 Å². The molecule has 0 atom stereocenters. The summed E-state index contributed by atoms with van der Waals surface area (Å²) >= 11 is 3.26. The van der Waals surface area contributed by atoms with Crippen molar-refractivity contribution in [1.82, 2.24) is 4.98 Å². The van der Waals surface area contributed by atoms with Crippen molar-refractivity contribution in [2.75, 3.05) is 0 Å². The summed E-state index contributed by atoms with van der Waals surface area (Å²) in [5, 5.41) is 0. The normalized spacial score (nSPS) is 9.94. The number of nitrogens with zero attached hydrogens (tertiary/aromatic N) is 1. The molecule has 2 aromatic rings. The van der Waals surface area contributed by atoms with E-state index in [1.165, 1.54) is 0 Å². The number of benzene rings is 1. The van der Waals surface area contributed by atoms with Gasteiger partial charge in [-0.05, 0) is 33.6 Å². The van der Waals surface area contributed by atoms with Crippen LogP contribution in [-0.2, 0) is 11.3 Å². The summed E-state index contributed by atoms with van der Waals surface area (Å²) in [5.41, 5.74) is 1.27. The maximum absolute atomic E-state index is 11.6. The summed E-state index contributed by atoms with van der Waals surface area (Å²) < 4.78 is 5.97. The Labute approximate surface area is 108 Å². The molecule has 0 saturated heterocycles. The van der Waals surface area contributed by atoms with Gasteiger partial charge in [-0.1, -0.05) is 30.3 Å². The Balaban J connectivity index is 1.96. The zero-order valence-electron chi connectivity index (χ0n) is 8.97. The monoisotopic (exact) mass is 291 g/mol. The molecule has 0 N–H and O–H groups in total. The van der Waals surface area contributed by atoms with Gasteiger partial charge in [-0.2, -0.15) is 0 Å². The molecule has 0 amide bonds. The molecule has 86 valence electrons. The van der Waals surface area contributed by atoms with Gasteiger partial charge in [0.25, 0.3) is 0 Å². The van der Waals surface area contributed by atoms with Gasteiger partial charge < -0.3 is 4.74 Å². The van der Waals surface area contributed by atoms with E-state index in [0.29, 0.717) is 5.69 Å². The van der Waals surface area contributed by atoms with Crippen molar-refractivity contribution in [2.45, 2.75) is 6.61 Å². The Hall–Kier alpha value is -1.68. The van der Waals surface area contributed by atoms with Crippen molar-refractivity contribution in [3.8, 4) is 0 Å². The van der Waals surface area contributed by atoms with Crippen LogP contribution in [0.3, 0.4) is 0 Å². The molecule has 1 aromatic heterocycles. The van der Waals surface area contributed by atoms with Gasteiger partial charge >= 0.3 is 5.97 Å². The number of carbonyl (C=O) groups is 1. The largest absolute Gasteiger partial charge is 0.456 e. The van der Waals surface area contributed by atoms with E-state index in [4.69, 9.17) is 4.74 Å². The third-order valence-corrected chi connectivity index (χ3v) is 2.62. The van der Waals surface area contributed by atoms with Crippen LogP contribution in [0.25, 0.3) is 0 Å². The molecule has 0 bridgehead atoms. The lowest BCUT2D eigenvalue weighted by Crippen LogP contribution is -2.07. The predicted octanol–water partition coefficient (Wildman–Crippen LogP) is 3.20. The maximum atomic E-state index is 11.6. The predicted molar refractivity (Wildman–Crippen MR) is 67.5 cm³/mol. The molecule has 0 unspecified atom stereocenters. The van der Waals surface area contributed by atoms with Crippen molar-refractivity contribution in [1.29, 1.82) is 0 Å². The second kappa shape index (κ2) is 5.59. The van der Waals surface area contributed by atoms with Crippen LogP contribution >= 0.6 is 15.9 Å². The van der Waals surface area contributed by atoms with E-state index in [2.05, 4.69) is 20.9 Å². The first-order valence-electron chi connectivity index (χ1n) is 5.08. The van der Waals surface area contributed by atoms with Gasteiger partial charge in [-0.3, -0.25) is 0 Å². The van der Waals surface area contributed by atoms with Crippen LogP contribution in [-0.4, -0.2) is 11.0 Å². The van der Waals surface area contributed by atoms with Gasteiger partial charge in [0.2, 0.25) is 0 Å². The summed E-state index contributed by atoms with van der Waals surface area (Å²) in [7, 11) is 0. The fraction of sp³-hybridized carbons (Fsp3) is 0.0769. The summed E-state index contributed by atoms with van der Waals surface area (Å²) in [4.78, 5) is 15.6. The molecule has 0 fully saturated rings. The summed E-state index contributed by atoms with van der Waals surface area (Å²) in [6, 6.07) is 12.9. The summed E-state index contributed by atoms with van der Waals surface area (Å²) in [6.45, 7) is 0.261. The molecule has 1 heterocycles. The lowest BCUT2D eigenvalue weighted by Gasteiger charge is -2.04. The highest BCUT2D eigenvalue weighted by Crippen LogP contribution is 2.09. The van der Waals surface area contributed by atoms with Crippen molar-refractivity contribution < 1.29 is 9.53 Å². The van der Waals surface area contributed by atoms with Crippen molar-refractivity contribution >= 4 is 21.9 Å². The number of ether oxygens (including phenoxy) is 1. The Morgan fingerprint density at radius 2 is 1.94 bits per heavy atom. The van der Waals surface area contributed by atoms with Crippen LogP contribution in [0.5, 0.6) is 0 Å². The standard InChI is InChI=1S/C13H10BrNO2/c14-11-6-7-12(15-8-11)13(16)17-9-10-4-2-1-3-5-10/h1-8H,9H2. The van der Waals surface area contributed by atoms with Crippen molar-refractivity contribution in [2.24, 2.45) is 0 Å². The summed E-state index contributed by atoms with van der Waals surface area (Å²) in [6.07, 6.45) is 1.57. The fourth-order valence-corrected chi connectivity index (χ4v) is 1.53. The average molecular weight is 292 g/mol. The first kappa shape index (κ1) is 11.8. The van der Waals surface area contributed by atoms with Gasteiger partial charge in [0.05, 0.1) is 0 Å². The molecule has 17 heavy (non-hydrogen) atoms. The minimum absolute atomic E-state index is 0.261. The Kier molecular flexibility index (Phi) is 3.88. The molecule has 4 heteroatoms. The zero-order chi connectivity index (χ0) is 12.1. The van der Waals surface area contributed by atoms with Crippen LogP contribution in [0.4, 0.5) is 0 Å². The average Bonchev–Trinajstić information content (AvgIpc) is 2.38. The first-order chi connectivity index (χ1) is 8.25. The highest BCUT2D eigenvalue weighted by molar-refractivity contribution is 9.10. The number of rotatable bonds is 3. The molecule has 0 aliphatic rings. The molecule has 2 rings (SSSR count). The van der Waals surface area contributed by atoms with E-state index in [1.807, 2.05) is 30.3 Å². The lowest BCUT2D eigenvalue weighted by molar-refractivity contribution is 0.0465. The second-order valence-electron chi connectivity index (χ2n) is 3.42. The topological polar surface area (TPSA) is 39.2 Å². The molecule has 0 aliphatic carbocycles. The molecule has 0 radical (unpaired) electrons. The lowest BCUT2D eigenvalue weighted by atomic mass is 10.2. The minimum Gasteiger partial charge on any atom is -0.456 e. The second-order valence-corrected chi connectivity index (χ2v) is 4.34. The van der Waals surface area contributed by atoms with Gasteiger partial charge in [0.1, 0.15) is 12.3 Å². The number of hydrogen-bond donors (Lipinski definition) is 0. The van der Waals surface area contributed by atoms with E-state index >= 15 is 0 Å². The molecular weight excluding hydrogens is 282 g/mol. The third-order valence-electron chi connectivity index (χ3n) is 2.15. The Morgan fingerprint density at radius 3 is 2.59 bits per heavy atom. The number of hydrogen-bond acceptors (Lipinski definition) is 3. The molecule has 0 aliphatic heterocycles. The van der Waals surface area contributed by atoms with Crippen LogP contribution in [0.2, 0.25) is 0 Å². The van der Waals surface area contributed by atoms with Crippen LogP contribution in [0.1, 0.15) is 16.1 Å². The van der Waals surface area contributed by atoms with Crippen molar-refractivity contribution in [3.63, 3.8) is 0 Å². The smallest absolute Gasteiger partial charge is 0.357 e. The van der Waals surface area contributed by atoms with Crippen molar-refractivity contribution in [3.05, 3.63) is 64.4 Å². The quantitative estimate of drug-likeness (QED) is 0.815. The highest BCUT2D eigenvalue weighted by Gasteiger charge is 2.08.